The first kappa shape index (κ1) is 13.9. The summed E-state index contributed by atoms with van der Waals surface area (Å²) in [5, 5.41) is 12.2. The molecular weight excluding hydrogens is 178 g/mol. The third-order valence-corrected chi connectivity index (χ3v) is 2.48. The van der Waals surface area contributed by atoms with E-state index in [-0.39, 0.29) is 12.2 Å². The summed E-state index contributed by atoms with van der Waals surface area (Å²) >= 11 is 0. The van der Waals surface area contributed by atoms with E-state index >= 15 is 0 Å². The number of rotatable bonds is 7. The fourth-order valence-electron chi connectivity index (χ4n) is 1.64. The average molecular weight is 203 g/mol. The summed E-state index contributed by atoms with van der Waals surface area (Å²) in [5.74, 6) is 0. The number of hydrogen-bond donors (Lipinski definition) is 2. The van der Waals surface area contributed by atoms with E-state index < -0.39 is 0 Å². The molecule has 0 aliphatic heterocycles. The zero-order valence-corrected chi connectivity index (χ0v) is 10.1. The molecule has 0 bridgehead atoms. The summed E-state index contributed by atoms with van der Waals surface area (Å²) < 4.78 is 5.36. The van der Waals surface area contributed by atoms with E-state index in [0.717, 1.165) is 12.8 Å². The van der Waals surface area contributed by atoms with E-state index in [1.54, 1.807) is 7.11 Å². The van der Waals surface area contributed by atoms with Gasteiger partial charge in [0.05, 0.1) is 5.60 Å². The predicted octanol–water partition coefficient (Wildman–Crippen LogP) is 1.55. The molecule has 14 heavy (non-hydrogen) atoms. The van der Waals surface area contributed by atoms with Gasteiger partial charge in [0.15, 0.2) is 0 Å². The van der Waals surface area contributed by atoms with Crippen molar-refractivity contribution in [2.45, 2.75) is 58.2 Å². The zero-order chi connectivity index (χ0) is 11.2. The highest BCUT2D eigenvalue weighted by Crippen LogP contribution is 2.15. The summed E-state index contributed by atoms with van der Waals surface area (Å²) in [4.78, 5) is 0. The quantitative estimate of drug-likeness (QED) is 0.659. The van der Waals surface area contributed by atoms with Gasteiger partial charge in [-0.15, -0.1) is 0 Å². The van der Waals surface area contributed by atoms with Crippen LogP contribution in [0.25, 0.3) is 0 Å². The maximum atomic E-state index is 8.76. The first-order valence-electron chi connectivity index (χ1n) is 5.33. The van der Waals surface area contributed by atoms with Gasteiger partial charge in [0.2, 0.25) is 0 Å². The first-order chi connectivity index (χ1) is 6.41. The van der Waals surface area contributed by atoms with Crippen molar-refractivity contribution in [2.24, 2.45) is 0 Å². The van der Waals surface area contributed by atoms with Crippen molar-refractivity contribution in [1.29, 1.82) is 0 Å². The molecule has 1 unspecified atom stereocenters. The van der Waals surface area contributed by atoms with Crippen molar-refractivity contribution in [3.63, 3.8) is 0 Å². The molecule has 2 atom stereocenters. The van der Waals surface area contributed by atoms with Gasteiger partial charge in [0, 0.05) is 25.8 Å². The first-order valence-corrected chi connectivity index (χ1v) is 5.33. The van der Waals surface area contributed by atoms with Crippen molar-refractivity contribution in [3.05, 3.63) is 0 Å². The van der Waals surface area contributed by atoms with E-state index in [4.69, 9.17) is 9.84 Å². The standard InChI is InChI=1S/C11H25NO2/c1-9(6-7-13)12-10(2)8-11(3,4)14-5/h9-10,12-13H,6-8H2,1-5H3/t9-,10?/m1/s1. The SMILES string of the molecule is COC(C)(C)CC(C)N[C@H](C)CCO. The molecule has 0 saturated carbocycles. The zero-order valence-electron chi connectivity index (χ0n) is 10.1. The van der Waals surface area contributed by atoms with E-state index in [1.165, 1.54) is 0 Å². The average Bonchev–Trinajstić information content (AvgIpc) is 2.03. The molecule has 0 radical (unpaired) electrons. The van der Waals surface area contributed by atoms with Crippen molar-refractivity contribution in [3.8, 4) is 0 Å². The molecule has 0 fully saturated rings. The molecule has 0 saturated heterocycles. The molecule has 3 heteroatoms. The Kier molecular flexibility index (Phi) is 6.33. The number of aliphatic hydroxyl groups excluding tert-OH is 1. The summed E-state index contributed by atoms with van der Waals surface area (Å²) in [7, 11) is 1.74. The van der Waals surface area contributed by atoms with Gasteiger partial charge in [-0.05, 0) is 40.5 Å². The number of ether oxygens (including phenoxy) is 1. The second-order valence-electron chi connectivity index (χ2n) is 4.65. The summed E-state index contributed by atoms with van der Waals surface area (Å²) in [6.45, 7) is 8.65. The number of hydrogen-bond acceptors (Lipinski definition) is 3. The highest BCUT2D eigenvalue weighted by Gasteiger charge is 2.20. The van der Waals surface area contributed by atoms with Crippen molar-refractivity contribution < 1.29 is 9.84 Å². The third-order valence-electron chi connectivity index (χ3n) is 2.48. The van der Waals surface area contributed by atoms with Gasteiger partial charge < -0.3 is 15.2 Å². The van der Waals surface area contributed by atoms with Crippen LogP contribution in [0.5, 0.6) is 0 Å². The molecule has 3 nitrogen and oxygen atoms in total. The van der Waals surface area contributed by atoms with Crippen molar-refractivity contribution in [1.82, 2.24) is 5.32 Å². The molecule has 0 amide bonds. The molecule has 0 aliphatic rings. The minimum absolute atomic E-state index is 0.0780. The maximum Gasteiger partial charge on any atom is 0.0637 e. The Labute approximate surface area is 87.8 Å². The summed E-state index contributed by atoms with van der Waals surface area (Å²) in [5.41, 5.74) is -0.0780. The Balaban J connectivity index is 3.79. The molecule has 0 heterocycles. The van der Waals surface area contributed by atoms with Gasteiger partial charge in [-0.1, -0.05) is 0 Å². The summed E-state index contributed by atoms with van der Waals surface area (Å²) in [6, 6.07) is 0.772. The van der Waals surface area contributed by atoms with Crippen LogP contribution in [-0.4, -0.2) is 36.5 Å². The Morgan fingerprint density at radius 2 is 1.86 bits per heavy atom. The minimum atomic E-state index is -0.0780. The topological polar surface area (TPSA) is 41.5 Å². The molecule has 0 aromatic rings. The van der Waals surface area contributed by atoms with Gasteiger partial charge in [0.1, 0.15) is 0 Å². The smallest absolute Gasteiger partial charge is 0.0637 e. The Morgan fingerprint density at radius 3 is 2.29 bits per heavy atom. The second-order valence-corrected chi connectivity index (χ2v) is 4.65. The lowest BCUT2D eigenvalue weighted by atomic mass is 9.99. The van der Waals surface area contributed by atoms with Crippen LogP contribution in [-0.2, 0) is 4.74 Å². The molecule has 0 aromatic carbocycles. The second kappa shape index (κ2) is 6.38. The van der Waals surface area contributed by atoms with E-state index in [2.05, 4.69) is 33.0 Å². The lowest BCUT2D eigenvalue weighted by Gasteiger charge is -2.28. The normalized spacial score (nSPS) is 16.7. The highest BCUT2D eigenvalue weighted by atomic mass is 16.5. The van der Waals surface area contributed by atoms with Crippen LogP contribution in [0.4, 0.5) is 0 Å². The minimum Gasteiger partial charge on any atom is -0.396 e. The Hall–Kier alpha value is -0.120. The molecule has 0 rings (SSSR count). The monoisotopic (exact) mass is 203 g/mol. The van der Waals surface area contributed by atoms with Crippen LogP contribution in [0.15, 0.2) is 0 Å². The number of aliphatic hydroxyl groups is 1. The van der Waals surface area contributed by atoms with Gasteiger partial charge in [-0.25, -0.2) is 0 Å². The van der Waals surface area contributed by atoms with Crippen LogP contribution < -0.4 is 5.32 Å². The van der Waals surface area contributed by atoms with E-state index in [0.29, 0.717) is 12.1 Å². The van der Waals surface area contributed by atoms with Crippen molar-refractivity contribution >= 4 is 0 Å². The van der Waals surface area contributed by atoms with Gasteiger partial charge >= 0.3 is 0 Å². The Morgan fingerprint density at radius 1 is 1.29 bits per heavy atom. The van der Waals surface area contributed by atoms with Gasteiger partial charge in [-0.2, -0.15) is 0 Å². The lowest BCUT2D eigenvalue weighted by molar-refractivity contribution is 0.00766. The van der Waals surface area contributed by atoms with Gasteiger partial charge in [0.25, 0.3) is 0 Å². The summed E-state index contributed by atoms with van der Waals surface area (Å²) in [6.07, 6.45) is 1.77. The largest absolute Gasteiger partial charge is 0.396 e. The fourth-order valence-corrected chi connectivity index (χ4v) is 1.64. The van der Waals surface area contributed by atoms with Crippen LogP contribution in [0.1, 0.15) is 40.5 Å². The Bertz CT molecular complexity index is 148. The number of methoxy groups -OCH3 is 1. The highest BCUT2D eigenvalue weighted by molar-refractivity contribution is 4.77. The molecule has 86 valence electrons. The van der Waals surface area contributed by atoms with Crippen LogP contribution >= 0.6 is 0 Å². The van der Waals surface area contributed by atoms with Crippen molar-refractivity contribution in [2.75, 3.05) is 13.7 Å². The van der Waals surface area contributed by atoms with Crippen LogP contribution in [0.2, 0.25) is 0 Å². The maximum absolute atomic E-state index is 8.76. The van der Waals surface area contributed by atoms with E-state index in [1.807, 2.05) is 0 Å². The molecule has 2 N–H and O–H groups in total. The lowest BCUT2D eigenvalue weighted by Crippen LogP contribution is -2.40. The molecule has 0 spiro atoms. The predicted molar refractivity (Wildman–Crippen MR) is 59.5 cm³/mol. The fraction of sp³-hybridized carbons (Fsp3) is 1.00. The number of nitrogens with one attached hydrogen (secondary N) is 1. The van der Waals surface area contributed by atoms with Crippen LogP contribution in [0, 0.1) is 0 Å². The molecule has 0 aliphatic carbocycles. The van der Waals surface area contributed by atoms with E-state index in [9.17, 15) is 0 Å². The van der Waals surface area contributed by atoms with Crippen LogP contribution in [0.3, 0.4) is 0 Å². The molecular formula is C11H25NO2. The van der Waals surface area contributed by atoms with Gasteiger partial charge in [-0.3, -0.25) is 0 Å². The third kappa shape index (κ3) is 6.35. The molecule has 0 aromatic heterocycles.